The molecule has 1 heterocycles. The Kier molecular flexibility index (Phi) is 8.05. The van der Waals surface area contributed by atoms with Crippen molar-refractivity contribution < 1.29 is 41.1 Å². The Morgan fingerprint density at radius 3 is 2.18 bits per heavy atom. The number of fused-ring (bicyclic) bond motifs is 2. The number of hydrogen-bond acceptors (Lipinski definition) is 8. The molecule has 1 fully saturated rings. The Morgan fingerprint density at radius 2 is 1.62 bits per heavy atom. The van der Waals surface area contributed by atoms with E-state index in [9.17, 15) is 23.1 Å². The summed E-state index contributed by atoms with van der Waals surface area (Å²) in [5.41, 5.74) is 1.43. The zero-order valence-electron chi connectivity index (χ0n) is 19.1. The van der Waals surface area contributed by atoms with E-state index in [1.54, 1.807) is 30.3 Å². The van der Waals surface area contributed by atoms with Gasteiger partial charge in [0, 0.05) is 35.3 Å². The molecule has 11 heteroatoms. The van der Waals surface area contributed by atoms with E-state index in [0.717, 1.165) is 50.9 Å². The molecule has 2 aliphatic rings. The van der Waals surface area contributed by atoms with Gasteiger partial charge in [-0.05, 0) is 6.07 Å². The number of anilines is 1. The first-order valence-corrected chi connectivity index (χ1v) is 12.1. The number of rotatable bonds is 6. The molecule has 0 radical (unpaired) electrons. The lowest BCUT2D eigenvalue weighted by atomic mass is 9.82. The van der Waals surface area contributed by atoms with E-state index in [0.29, 0.717) is 23.4 Å². The number of quaternary nitrogens is 1. The second-order valence-electron chi connectivity index (χ2n) is 8.34. The summed E-state index contributed by atoms with van der Waals surface area (Å²) in [6.07, 6.45) is 0.920. The van der Waals surface area contributed by atoms with E-state index in [-0.39, 0.29) is 22.7 Å². The molecule has 0 unspecified atom stereocenters. The summed E-state index contributed by atoms with van der Waals surface area (Å²) >= 11 is 0. The standard InChI is InChI=1S/C22H24N2O4.CH4O4S/c1-24(11-13-28-14-12-24)10-4-9-23-17-7-8-18(25)20-19(17)21(26)15-5-2-3-6-16(15)22(20)27;1-5-6(2,3)4/h2-3,5-8H,4,9-14H2,1H3,(H-,23,25,26,27);1H3,(H,2,3,4). The van der Waals surface area contributed by atoms with E-state index in [4.69, 9.17) is 9.29 Å². The summed E-state index contributed by atoms with van der Waals surface area (Å²) in [6.45, 7) is 5.27. The number of hydrogen-bond donors (Lipinski definition) is 2. The van der Waals surface area contributed by atoms with Crippen LogP contribution in [0.4, 0.5) is 5.69 Å². The number of benzene rings is 2. The van der Waals surface area contributed by atoms with Gasteiger partial charge in [-0.25, -0.2) is 0 Å². The maximum absolute atomic E-state index is 13.0. The number of nitrogens with zero attached hydrogens (tertiary/aromatic N) is 1. The highest BCUT2D eigenvalue weighted by molar-refractivity contribution is 7.80. The van der Waals surface area contributed by atoms with Crippen molar-refractivity contribution in [2.45, 2.75) is 6.42 Å². The van der Waals surface area contributed by atoms with Crippen LogP contribution in [0.25, 0.3) is 0 Å². The second-order valence-corrected chi connectivity index (χ2v) is 9.53. The van der Waals surface area contributed by atoms with E-state index < -0.39 is 16.1 Å². The molecule has 2 aromatic carbocycles. The van der Waals surface area contributed by atoms with Crippen LogP contribution in [0.3, 0.4) is 0 Å². The number of likely N-dealkylation sites (N-methyl/N-ethyl adjacent to an activating group) is 1. The molecule has 2 aromatic rings. The highest BCUT2D eigenvalue weighted by Crippen LogP contribution is 2.35. The largest absolute Gasteiger partial charge is 0.872 e. The van der Waals surface area contributed by atoms with Gasteiger partial charge in [0.05, 0.1) is 39.5 Å². The summed E-state index contributed by atoms with van der Waals surface area (Å²) in [7, 11) is -1.06. The maximum atomic E-state index is 13.0. The minimum atomic E-state index is -4.16. The molecule has 0 atom stereocenters. The van der Waals surface area contributed by atoms with Gasteiger partial charge in [-0.2, -0.15) is 8.42 Å². The lowest BCUT2D eigenvalue weighted by molar-refractivity contribution is -0.916. The fraction of sp³-hybridized carbons (Fsp3) is 0.391. The van der Waals surface area contributed by atoms with Gasteiger partial charge in [0.1, 0.15) is 13.1 Å². The predicted octanol–water partition coefficient (Wildman–Crippen LogP) is 1.25. The van der Waals surface area contributed by atoms with Crippen molar-refractivity contribution in [3.8, 4) is 5.75 Å². The maximum Gasteiger partial charge on any atom is 0.397 e. The highest BCUT2D eigenvalue weighted by atomic mass is 32.3. The number of nitrogens with one attached hydrogen (secondary N) is 1. The third-order valence-corrected chi connectivity index (χ3v) is 6.41. The smallest absolute Gasteiger partial charge is 0.397 e. The van der Waals surface area contributed by atoms with E-state index in [1.165, 1.54) is 6.07 Å². The fourth-order valence-corrected chi connectivity index (χ4v) is 4.03. The Morgan fingerprint density at radius 1 is 1.06 bits per heavy atom. The van der Waals surface area contributed by atoms with Crippen molar-refractivity contribution in [2.75, 3.05) is 58.9 Å². The van der Waals surface area contributed by atoms with Crippen molar-refractivity contribution >= 4 is 27.7 Å². The van der Waals surface area contributed by atoms with Crippen LogP contribution in [-0.2, 0) is 19.3 Å². The molecular formula is C23H28N2O8S. The first-order valence-electron chi connectivity index (χ1n) is 10.8. The van der Waals surface area contributed by atoms with Crippen LogP contribution in [0.1, 0.15) is 38.3 Å². The van der Waals surface area contributed by atoms with Gasteiger partial charge in [-0.1, -0.05) is 36.1 Å². The second kappa shape index (κ2) is 10.6. The van der Waals surface area contributed by atoms with Crippen molar-refractivity contribution in [3.05, 3.63) is 58.7 Å². The molecule has 184 valence electrons. The Balaban J connectivity index is 0.000000481. The molecule has 10 nitrogen and oxygen atoms in total. The third kappa shape index (κ3) is 5.99. The first kappa shape index (κ1) is 25.8. The molecule has 34 heavy (non-hydrogen) atoms. The fourth-order valence-electron chi connectivity index (χ4n) is 4.03. The molecule has 0 aromatic heterocycles. The molecule has 2 N–H and O–H groups in total. The van der Waals surface area contributed by atoms with Crippen LogP contribution >= 0.6 is 0 Å². The average molecular weight is 493 g/mol. The molecule has 4 rings (SSSR count). The van der Waals surface area contributed by atoms with Crippen molar-refractivity contribution in [1.29, 1.82) is 0 Å². The summed E-state index contributed by atoms with van der Waals surface area (Å²) in [6, 6.07) is 9.67. The van der Waals surface area contributed by atoms with Crippen molar-refractivity contribution in [1.82, 2.24) is 0 Å². The SMILES string of the molecule is COS(=O)(=O)O.C[N+]1(CCCNc2ccc([O-])c3c2C(=O)c2ccccc2C3=O)CCOCC1. The van der Waals surface area contributed by atoms with E-state index >= 15 is 0 Å². The third-order valence-electron chi connectivity index (χ3n) is 5.99. The van der Waals surface area contributed by atoms with Gasteiger partial charge < -0.3 is 19.6 Å². The zero-order valence-corrected chi connectivity index (χ0v) is 19.9. The quantitative estimate of drug-likeness (QED) is 0.295. The predicted molar refractivity (Wildman–Crippen MR) is 122 cm³/mol. The minimum absolute atomic E-state index is 0.0131. The zero-order chi connectivity index (χ0) is 24.9. The van der Waals surface area contributed by atoms with Crippen LogP contribution in [0.5, 0.6) is 5.75 Å². The van der Waals surface area contributed by atoms with Crippen LogP contribution < -0.4 is 10.4 Å². The minimum Gasteiger partial charge on any atom is -0.872 e. The number of carbonyl (C=O) groups excluding carboxylic acids is 2. The van der Waals surface area contributed by atoms with Gasteiger partial charge >= 0.3 is 10.4 Å². The van der Waals surface area contributed by atoms with Crippen molar-refractivity contribution in [3.63, 3.8) is 0 Å². The number of ketones is 2. The average Bonchev–Trinajstić information content (AvgIpc) is 2.81. The van der Waals surface area contributed by atoms with Gasteiger partial charge in [0.25, 0.3) is 0 Å². The lowest BCUT2D eigenvalue weighted by Gasteiger charge is -2.37. The molecule has 1 aliphatic heterocycles. The molecule has 0 saturated carbocycles. The van der Waals surface area contributed by atoms with Crippen LogP contribution in [-0.4, -0.2) is 82.6 Å². The number of ether oxygens (including phenoxy) is 1. The molecule has 0 amide bonds. The summed E-state index contributed by atoms with van der Waals surface area (Å²) < 4.78 is 36.1. The lowest BCUT2D eigenvalue weighted by Crippen LogP contribution is -2.52. The van der Waals surface area contributed by atoms with Crippen LogP contribution in [0.15, 0.2) is 36.4 Å². The monoisotopic (exact) mass is 492 g/mol. The Bertz CT molecular complexity index is 1170. The first-order chi connectivity index (χ1) is 16.1. The van der Waals surface area contributed by atoms with Gasteiger partial charge in [0.2, 0.25) is 0 Å². The molecule has 0 bridgehead atoms. The molecule has 1 saturated heterocycles. The Hall–Kier alpha value is -2.83. The van der Waals surface area contributed by atoms with Gasteiger partial charge in [-0.3, -0.25) is 18.3 Å². The van der Waals surface area contributed by atoms with Crippen LogP contribution in [0.2, 0.25) is 0 Å². The molecule has 0 spiro atoms. The van der Waals surface area contributed by atoms with E-state index in [2.05, 4.69) is 16.5 Å². The number of carbonyl (C=O) groups is 2. The van der Waals surface area contributed by atoms with Gasteiger partial charge in [-0.15, -0.1) is 0 Å². The number of morpholine rings is 1. The summed E-state index contributed by atoms with van der Waals surface area (Å²) in [4.78, 5) is 25.8. The van der Waals surface area contributed by atoms with Crippen molar-refractivity contribution in [2.24, 2.45) is 0 Å². The van der Waals surface area contributed by atoms with E-state index in [1.807, 2.05) is 0 Å². The highest BCUT2D eigenvalue weighted by Gasteiger charge is 2.32. The summed E-state index contributed by atoms with van der Waals surface area (Å²) in [5.74, 6) is -1.04. The molecule has 1 aliphatic carbocycles. The topological polar surface area (TPSA) is 142 Å². The normalized spacial score (nSPS) is 16.7. The summed E-state index contributed by atoms with van der Waals surface area (Å²) in [5, 5.41) is 15.6. The van der Waals surface area contributed by atoms with Gasteiger partial charge in [0.15, 0.2) is 11.6 Å². The molecular weight excluding hydrogens is 464 g/mol. The Labute approximate surface area is 198 Å². The van der Waals surface area contributed by atoms with Crippen LogP contribution in [0, 0.1) is 0 Å².